The van der Waals surface area contributed by atoms with E-state index in [1.165, 1.54) is 11.3 Å². The van der Waals surface area contributed by atoms with Crippen molar-refractivity contribution in [1.82, 2.24) is 9.55 Å². The van der Waals surface area contributed by atoms with E-state index in [2.05, 4.69) is 66.1 Å². The van der Waals surface area contributed by atoms with Crippen molar-refractivity contribution < 1.29 is 0 Å². The molecule has 1 aromatic carbocycles. The lowest BCUT2D eigenvalue weighted by atomic mass is 10.0. The van der Waals surface area contributed by atoms with Crippen LogP contribution in [0.25, 0.3) is 5.69 Å². The van der Waals surface area contributed by atoms with Gasteiger partial charge in [0.05, 0.1) is 5.69 Å². The van der Waals surface area contributed by atoms with E-state index in [4.69, 9.17) is 0 Å². The minimum Gasteiger partial charge on any atom is -0.355 e. The highest BCUT2D eigenvalue weighted by Crippen LogP contribution is 2.21. The predicted octanol–water partition coefficient (Wildman–Crippen LogP) is 4.13. The molecule has 2 rings (SSSR count). The second-order valence-corrected chi connectivity index (χ2v) is 5.25. The van der Waals surface area contributed by atoms with E-state index < -0.39 is 0 Å². The summed E-state index contributed by atoms with van der Waals surface area (Å²) in [6.45, 7) is 9.57. The van der Waals surface area contributed by atoms with Crippen LogP contribution in [0.3, 0.4) is 0 Å². The summed E-state index contributed by atoms with van der Waals surface area (Å²) in [5.41, 5.74) is 3.56. The number of rotatable bonds is 5. The van der Waals surface area contributed by atoms with Gasteiger partial charge < -0.3 is 5.32 Å². The van der Waals surface area contributed by atoms with Gasteiger partial charge in [0.15, 0.2) is 0 Å². The summed E-state index contributed by atoms with van der Waals surface area (Å²) in [5.74, 6) is 1.47. The first-order chi connectivity index (χ1) is 9.11. The zero-order chi connectivity index (χ0) is 13.8. The highest BCUT2D eigenvalue weighted by Gasteiger charge is 2.08. The lowest BCUT2D eigenvalue weighted by Crippen LogP contribution is -2.07. The van der Waals surface area contributed by atoms with Crippen LogP contribution >= 0.6 is 0 Å². The molecule has 1 heterocycles. The Balaban J connectivity index is 2.37. The average Bonchev–Trinajstić information content (AvgIpc) is 2.77. The number of benzene rings is 1. The van der Waals surface area contributed by atoms with Crippen LogP contribution in [0.2, 0.25) is 0 Å². The molecule has 0 amide bonds. The molecule has 0 saturated heterocycles. The number of imidazole rings is 1. The number of aromatic nitrogens is 2. The summed E-state index contributed by atoms with van der Waals surface area (Å²) in [6, 6.07) is 8.66. The molecular formula is C16H23N3. The molecule has 0 fully saturated rings. The highest BCUT2D eigenvalue weighted by atomic mass is 15.2. The first-order valence-electron chi connectivity index (χ1n) is 7.02. The summed E-state index contributed by atoms with van der Waals surface area (Å²) in [7, 11) is 0. The third kappa shape index (κ3) is 3.16. The number of nitrogens with one attached hydrogen (secondary N) is 1. The van der Waals surface area contributed by atoms with E-state index in [0.717, 1.165) is 24.6 Å². The smallest absolute Gasteiger partial charge is 0.207 e. The van der Waals surface area contributed by atoms with Crippen LogP contribution in [-0.2, 0) is 0 Å². The number of anilines is 1. The van der Waals surface area contributed by atoms with Crippen LogP contribution in [0.15, 0.2) is 30.5 Å². The second-order valence-electron chi connectivity index (χ2n) is 5.25. The van der Waals surface area contributed by atoms with Gasteiger partial charge in [0, 0.05) is 18.4 Å². The lowest BCUT2D eigenvalue weighted by molar-refractivity contribution is 0.862. The maximum Gasteiger partial charge on any atom is 0.207 e. The van der Waals surface area contributed by atoms with Gasteiger partial charge in [-0.15, -0.1) is 0 Å². The maximum absolute atomic E-state index is 4.55. The van der Waals surface area contributed by atoms with E-state index >= 15 is 0 Å². The zero-order valence-electron chi connectivity index (χ0n) is 12.3. The summed E-state index contributed by atoms with van der Waals surface area (Å²) in [4.78, 5) is 4.55. The van der Waals surface area contributed by atoms with E-state index in [0.29, 0.717) is 5.92 Å². The predicted molar refractivity (Wildman–Crippen MR) is 81.2 cm³/mol. The molecule has 19 heavy (non-hydrogen) atoms. The summed E-state index contributed by atoms with van der Waals surface area (Å²) in [5, 5.41) is 3.38. The van der Waals surface area contributed by atoms with Gasteiger partial charge in [0.2, 0.25) is 5.95 Å². The molecular weight excluding hydrogens is 234 g/mol. The average molecular weight is 257 g/mol. The maximum atomic E-state index is 4.55. The molecule has 0 aliphatic carbocycles. The van der Waals surface area contributed by atoms with E-state index in [-0.39, 0.29) is 0 Å². The van der Waals surface area contributed by atoms with Crippen molar-refractivity contribution in [2.75, 3.05) is 11.9 Å². The summed E-state index contributed by atoms with van der Waals surface area (Å²) in [6.07, 6.45) is 3.18. The first kappa shape index (κ1) is 13.7. The highest BCUT2D eigenvalue weighted by molar-refractivity contribution is 5.45. The van der Waals surface area contributed by atoms with Crippen molar-refractivity contribution in [3.8, 4) is 5.69 Å². The molecule has 0 aliphatic rings. The van der Waals surface area contributed by atoms with Gasteiger partial charge in [-0.25, -0.2) is 4.98 Å². The molecule has 102 valence electrons. The van der Waals surface area contributed by atoms with Gasteiger partial charge in [0.1, 0.15) is 0 Å². The fourth-order valence-electron chi connectivity index (χ4n) is 2.09. The molecule has 0 unspecified atom stereocenters. The van der Waals surface area contributed by atoms with Gasteiger partial charge in [-0.2, -0.15) is 0 Å². The van der Waals surface area contributed by atoms with Crippen LogP contribution in [0.5, 0.6) is 0 Å². The fourth-order valence-corrected chi connectivity index (χ4v) is 2.09. The first-order valence-corrected chi connectivity index (χ1v) is 7.02. The van der Waals surface area contributed by atoms with E-state index in [9.17, 15) is 0 Å². The lowest BCUT2D eigenvalue weighted by Gasteiger charge is -2.12. The van der Waals surface area contributed by atoms with Gasteiger partial charge in [0.25, 0.3) is 0 Å². The van der Waals surface area contributed by atoms with Crippen LogP contribution in [0.1, 0.15) is 44.4 Å². The quantitative estimate of drug-likeness (QED) is 0.873. The molecule has 1 N–H and O–H groups in total. The Morgan fingerprint density at radius 1 is 1.32 bits per heavy atom. The van der Waals surface area contributed by atoms with Crippen molar-refractivity contribution in [3.63, 3.8) is 0 Å². The van der Waals surface area contributed by atoms with Crippen LogP contribution < -0.4 is 5.32 Å². The summed E-state index contributed by atoms with van der Waals surface area (Å²) < 4.78 is 2.14. The third-order valence-electron chi connectivity index (χ3n) is 3.17. The third-order valence-corrected chi connectivity index (χ3v) is 3.17. The van der Waals surface area contributed by atoms with Crippen molar-refractivity contribution >= 4 is 5.95 Å². The minimum absolute atomic E-state index is 0.539. The molecule has 0 saturated carbocycles. The Morgan fingerprint density at radius 3 is 2.79 bits per heavy atom. The molecule has 0 aliphatic heterocycles. The van der Waals surface area contributed by atoms with Gasteiger partial charge in [-0.3, -0.25) is 4.57 Å². The zero-order valence-corrected chi connectivity index (χ0v) is 12.3. The minimum atomic E-state index is 0.539. The van der Waals surface area contributed by atoms with Crippen LogP contribution in [0.4, 0.5) is 5.95 Å². The molecule has 0 atom stereocenters. The largest absolute Gasteiger partial charge is 0.355 e. The standard InChI is InChI=1S/C16H23N3/c1-5-9-17-16-18-13(4)11-19(16)15-8-6-7-14(10-15)12(2)3/h6-8,10-12H,5,9H2,1-4H3,(H,17,18). The molecule has 2 aromatic rings. The van der Waals surface area contributed by atoms with E-state index in [1.54, 1.807) is 0 Å². The molecule has 0 bridgehead atoms. The van der Waals surface area contributed by atoms with Crippen molar-refractivity contribution in [3.05, 3.63) is 41.7 Å². The molecule has 1 aromatic heterocycles. The Kier molecular flexibility index (Phi) is 4.25. The molecule has 0 radical (unpaired) electrons. The molecule has 0 spiro atoms. The Morgan fingerprint density at radius 2 is 2.11 bits per heavy atom. The number of nitrogens with zero attached hydrogens (tertiary/aromatic N) is 2. The van der Waals surface area contributed by atoms with E-state index in [1.807, 2.05) is 6.92 Å². The van der Waals surface area contributed by atoms with Gasteiger partial charge in [-0.1, -0.05) is 32.9 Å². The number of aryl methyl sites for hydroxylation is 1. The van der Waals surface area contributed by atoms with Crippen LogP contribution in [-0.4, -0.2) is 16.1 Å². The van der Waals surface area contributed by atoms with Gasteiger partial charge >= 0.3 is 0 Å². The van der Waals surface area contributed by atoms with Crippen molar-refractivity contribution in [2.24, 2.45) is 0 Å². The monoisotopic (exact) mass is 257 g/mol. The fraction of sp³-hybridized carbons (Fsp3) is 0.438. The van der Waals surface area contributed by atoms with Crippen molar-refractivity contribution in [1.29, 1.82) is 0 Å². The van der Waals surface area contributed by atoms with Crippen molar-refractivity contribution in [2.45, 2.75) is 40.0 Å². The Labute approximate surface area is 115 Å². The molecule has 3 nitrogen and oxygen atoms in total. The van der Waals surface area contributed by atoms with Crippen LogP contribution in [0, 0.1) is 6.92 Å². The number of hydrogen-bond acceptors (Lipinski definition) is 2. The molecule has 3 heteroatoms. The van der Waals surface area contributed by atoms with Gasteiger partial charge in [-0.05, 0) is 37.0 Å². The summed E-state index contributed by atoms with van der Waals surface area (Å²) >= 11 is 0. The Bertz CT molecular complexity index is 541. The second kappa shape index (κ2) is 5.91. The SMILES string of the molecule is CCCNc1nc(C)cn1-c1cccc(C(C)C)c1. The number of hydrogen-bond donors (Lipinski definition) is 1. The Hall–Kier alpha value is -1.77. The normalized spacial score (nSPS) is 11.0. The topological polar surface area (TPSA) is 29.9 Å².